The maximum absolute atomic E-state index is 12.9. The Morgan fingerprint density at radius 2 is 1.66 bits per heavy atom. The van der Waals surface area contributed by atoms with Gasteiger partial charge in [0.1, 0.15) is 6.04 Å². The van der Waals surface area contributed by atoms with Gasteiger partial charge in [-0.25, -0.2) is 4.79 Å². The molecule has 7 nitrogen and oxygen atoms in total. The summed E-state index contributed by atoms with van der Waals surface area (Å²) in [6.07, 6.45) is 1.78. The van der Waals surface area contributed by atoms with E-state index >= 15 is 0 Å². The summed E-state index contributed by atoms with van der Waals surface area (Å²) >= 11 is 0. The highest BCUT2D eigenvalue weighted by atomic mass is 16.2. The Hall–Kier alpha value is -3.35. The number of carbonyl (C=O) groups excluding carboxylic acids is 3. The molecule has 0 spiro atoms. The SMILES string of the molecule is CC(=O)NC(Cc1ccc(C)cc1)C(=O)NC1CCN(C(=O)Nc2ccccc2C)CC1. The first-order valence-electron chi connectivity index (χ1n) is 11.1. The van der Waals surface area contributed by atoms with Crippen LogP contribution >= 0.6 is 0 Å². The fraction of sp³-hybridized carbons (Fsp3) is 0.400. The second kappa shape index (κ2) is 10.8. The summed E-state index contributed by atoms with van der Waals surface area (Å²) in [4.78, 5) is 38.9. The molecule has 0 aliphatic carbocycles. The second-order valence-electron chi connectivity index (χ2n) is 8.46. The van der Waals surface area contributed by atoms with E-state index in [9.17, 15) is 14.4 Å². The maximum Gasteiger partial charge on any atom is 0.321 e. The number of piperidine rings is 1. The Morgan fingerprint density at radius 3 is 2.28 bits per heavy atom. The number of para-hydroxylation sites is 1. The Labute approximate surface area is 189 Å². The Morgan fingerprint density at radius 1 is 1.00 bits per heavy atom. The van der Waals surface area contributed by atoms with Crippen molar-refractivity contribution in [1.29, 1.82) is 0 Å². The Bertz CT molecular complexity index is 950. The highest BCUT2D eigenvalue weighted by Gasteiger charge is 2.27. The molecule has 32 heavy (non-hydrogen) atoms. The van der Waals surface area contributed by atoms with Crippen LogP contribution in [0.2, 0.25) is 0 Å². The van der Waals surface area contributed by atoms with E-state index in [4.69, 9.17) is 0 Å². The summed E-state index contributed by atoms with van der Waals surface area (Å²) in [5.41, 5.74) is 3.96. The molecule has 0 saturated carbocycles. The largest absolute Gasteiger partial charge is 0.351 e. The minimum atomic E-state index is -0.627. The molecule has 3 rings (SSSR count). The molecule has 2 aromatic rings. The molecular formula is C25H32N4O3. The molecule has 1 aliphatic heterocycles. The lowest BCUT2D eigenvalue weighted by Gasteiger charge is -2.33. The average molecular weight is 437 g/mol. The normalized spacial score (nSPS) is 15.0. The van der Waals surface area contributed by atoms with Gasteiger partial charge in [0.25, 0.3) is 0 Å². The Kier molecular flexibility index (Phi) is 7.87. The molecule has 1 unspecified atom stereocenters. The third kappa shape index (κ3) is 6.57. The van der Waals surface area contributed by atoms with Crippen LogP contribution in [0.3, 0.4) is 0 Å². The number of amides is 4. The summed E-state index contributed by atoms with van der Waals surface area (Å²) in [7, 11) is 0. The van der Waals surface area contributed by atoms with Crippen LogP contribution in [-0.2, 0) is 16.0 Å². The number of anilines is 1. The van der Waals surface area contributed by atoms with Gasteiger partial charge in [-0.2, -0.15) is 0 Å². The first-order valence-corrected chi connectivity index (χ1v) is 11.1. The maximum atomic E-state index is 12.9. The van der Waals surface area contributed by atoms with Gasteiger partial charge in [0, 0.05) is 38.2 Å². The van der Waals surface area contributed by atoms with Gasteiger partial charge in [-0.1, -0.05) is 48.0 Å². The van der Waals surface area contributed by atoms with Crippen LogP contribution in [0, 0.1) is 13.8 Å². The molecular weight excluding hydrogens is 404 g/mol. The van der Waals surface area contributed by atoms with Gasteiger partial charge in [0.15, 0.2) is 0 Å². The zero-order valence-electron chi connectivity index (χ0n) is 19.0. The highest BCUT2D eigenvalue weighted by molar-refractivity contribution is 5.90. The van der Waals surface area contributed by atoms with Crippen LogP contribution < -0.4 is 16.0 Å². The molecule has 170 valence electrons. The molecule has 1 heterocycles. The summed E-state index contributed by atoms with van der Waals surface area (Å²) in [5, 5.41) is 8.79. The number of aryl methyl sites for hydroxylation is 2. The summed E-state index contributed by atoms with van der Waals surface area (Å²) in [5.74, 6) is -0.427. The van der Waals surface area contributed by atoms with Gasteiger partial charge >= 0.3 is 6.03 Å². The van der Waals surface area contributed by atoms with Crippen LogP contribution in [0.4, 0.5) is 10.5 Å². The van der Waals surface area contributed by atoms with Crippen LogP contribution in [0.5, 0.6) is 0 Å². The predicted octanol–water partition coefficient (Wildman–Crippen LogP) is 3.16. The third-order valence-corrected chi connectivity index (χ3v) is 5.77. The average Bonchev–Trinajstić information content (AvgIpc) is 2.76. The van der Waals surface area contributed by atoms with Crippen molar-refractivity contribution in [1.82, 2.24) is 15.5 Å². The third-order valence-electron chi connectivity index (χ3n) is 5.77. The Balaban J connectivity index is 1.52. The summed E-state index contributed by atoms with van der Waals surface area (Å²) < 4.78 is 0. The van der Waals surface area contributed by atoms with E-state index in [1.54, 1.807) is 4.90 Å². The van der Waals surface area contributed by atoms with Crippen LogP contribution in [0.25, 0.3) is 0 Å². The monoisotopic (exact) mass is 436 g/mol. The molecule has 3 N–H and O–H groups in total. The van der Waals surface area contributed by atoms with Gasteiger partial charge in [0.2, 0.25) is 11.8 Å². The highest BCUT2D eigenvalue weighted by Crippen LogP contribution is 2.17. The number of hydrogen-bond donors (Lipinski definition) is 3. The van der Waals surface area contributed by atoms with Crippen LogP contribution in [0.15, 0.2) is 48.5 Å². The van der Waals surface area contributed by atoms with Crippen LogP contribution in [-0.4, -0.2) is 47.9 Å². The molecule has 2 aromatic carbocycles. The minimum absolute atomic E-state index is 0.0284. The number of nitrogens with zero attached hydrogens (tertiary/aromatic N) is 1. The smallest absolute Gasteiger partial charge is 0.321 e. The first kappa shape index (κ1) is 23.3. The molecule has 0 radical (unpaired) electrons. The van der Waals surface area contributed by atoms with Crippen molar-refractivity contribution < 1.29 is 14.4 Å². The van der Waals surface area contributed by atoms with Gasteiger partial charge in [-0.15, -0.1) is 0 Å². The number of benzene rings is 2. The lowest BCUT2D eigenvalue weighted by molar-refractivity contribution is -0.128. The van der Waals surface area contributed by atoms with E-state index in [1.807, 2.05) is 62.4 Å². The summed E-state index contributed by atoms with van der Waals surface area (Å²) in [6.45, 7) is 6.51. The zero-order chi connectivity index (χ0) is 23.1. The van der Waals surface area contributed by atoms with Crippen molar-refractivity contribution >= 4 is 23.5 Å². The van der Waals surface area contributed by atoms with E-state index in [0.29, 0.717) is 32.4 Å². The zero-order valence-corrected chi connectivity index (χ0v) is 19.0. The number of hydrogen-bond acceptors (Lipinski definition) is 3. The van der Waals surface area contributed by atoms with Crippen molar-refractivity contribution in [2.75, 3.05) is 18.4 Å². The molecule has 1 atom stereocenters. The van der Waals surface area contributed by atoms with E-state index in [2.05, 4.69) is 16.0 Å². The standard InChI is InChI=1S/C25H32N4O3/c1-17-8-10-20(11-9-17)16-23(26-19(3)30)24(31)27-21-12-14-29(15-13-21)25(32)28-22-7-5-4-6-18(22)2/h4-11,21,23H,12-16H2,1-3H3,(H,26,30)(H,27,31)(H,28,32). The lowest BCUT2D eigenvalue weighted by atomic mass is 10.0. The molecule has 1 saturated heterocycles. The van der Waals surface area contributed by atoms with E-state index < -0.39 is 6.04 Å². The van der Waals surface area contributed by atoms with Crippen molar-refractivity contribution in [3.8, 4) is 0 Å². The second-order valence-corrected chi connectivity index (χ2v) is 8.46. The number of likely N-dealkylation sites (tertiary alicyclic amines) is 1. The molecule has 0 bridgehead atoms. The summed E-state index contributed by atoms with van der Waals surface area (Å²) in [6, 6.07) is 14.8. The van der Waals surface area contributed by atoms with E-state index in [1.165, 1.54) is 6.92 Å². The van der Waals surface area contributed by atoms with Gasteiger partial charge in [-0.3, -0.25) is 9.59 Å². The van der Waals surface area contributed by atoms with E-state index in [0.717, 1.165) is 22.4 Å². The fourth-order valence-corrected chi connectivity index (χ4v) is 3.85. The van der Waals surface area contributed by atoms with Crippen molar-refractivity contribution in [3.63, 3.8) is 0 Å². The topological polar surface area (TPSA) is 90.5 Å². The van der Waals surface area contributed by atoms with Crippen LogP contribution in [0.1, 0.15) is 36.5 Å². The number of nitrogens with one attached hydrogen (secondary N) is 3. The van der Waals surface area contributed by atoms with Gasteiger partial charge in [0.05, 0.1) is 0 Å². The lowest BCUT2D eigenvalue weighted by Crippen LogP contribution is -2.53. The predicted molar refractivity (Wildman–Crippen MR) is 125 cm³/mol. The van der Waals surface area contributed by atoms with Crippen molar-refractivity contribution in [2.24, 2.45) is 0 Å². The van der Waals surface area contributed by atoms with Crippen molar-refractivity contribution in [2.45, 2.75) is 52.1 Å². The number of rotatable bonds is 6. The molecule has 1 aliphatic rings. The number of urea groups is 1. The van der Waals surface area contributed by atoms with Gasteiger partial charge < -0.3 is 20.9 Å². The molecule has 7 heteroatoms. The molecule has 0 aromatic heterocycles. The molecule has 1 fully saturated rings. The minimum Gasteiger partial charge on any atom is -0.351 e. The quantitative estimate of drug-likeness (QED) is 0.650. The van der Waals surface area contributed by atoms with Crippen molar-refractivity contribution in [3.05, 3.63) is 65.2 Å². The molecule has 4 amide bonds. The van der Waals surface area contributed by atoms with E-state index in [-0.39, 0.29) is 23.9 Å². The fourth-order valence-electron chi connectivity index (χ4n) is 3.85. The first-order chi connectivity index (χ1) is 15.3. The van der Waals surface area contributed by atoms with Gasteiger partial charge in [-0.05, 0) is 43.9 Å². The number of carbonyl (C=O) groups is 3.